The fourth-order valence-electron chi connectivity index (χ4n) is 3.02. The molecule has 0 atom stereocenters. The van der Waals surface area contributed by atoms with E-state index in [1.807, 2.05) is 30.5 Å². The summed E-state index contributed by atoms with van der Waals surface area (Å²) in [6.07, 6.45) is 7.14. The van der Waals surface area contributed by atoms with Gasteiger partial charge in [0.1, 0.15) is 5.82 Å². The third kappa shape index (κ3) is 4.39. The van der Waals surface area contributed by atoms with E-state index in [1.54, 1.807) is 7.11 Å². The molecule has 6 heteroatoms. The molecule has 1 aromatic carbocycles. The Morgan fingerprint density at radius 2 is 2.00 bits per heavy atom. The number of aromatic nitrogens is 3. The molecular formula is C20H24N4O2. The standard InChI is InChI=1S/C20H24N4O2/c1-26-20-15(12-14-8-6-7-9-16(14)24-20)17-13-22-19(23-17)11-5-3-2-4-10-18(21)25/h6-9,12-13H,2-5,10-11H2,1H3,(H2,21,25)(H,22,23). The number of rotatable bonds is 9. The molecule has 2 heterocycles. The summed E-state index contributed by atoms with van der Waals surface area (Å²) >= 11 is 0. The molecule has 0 unspecified atom stereocenters. The maximum atomic E-state index is 10.7. The molecule has 0 saturated carbocycles. The minimum atomic E-state index is -0.224. The Labute approximate surface area is 152 Å². The number of hydrogen-bond acceptors (Lipinski definition) is 4. The van der Waals surface area contributed by atoms with Gasteiger partial charge in [-0.25, -0.2) is 9.97 Å². The second-order valence-corrected chi connectivity index (χ2v) is 6.36. The van der Waals surface area contributed by atoms with Crippen LogP contribution < -0.4 is 10.5 Å². The van der Waals surface area contributed by atoms with E-state index in [4.69, 9.17) is 10.5 Å². The van der Waals surface area contributed by atoms with Crippen LogP contribution in [0.3, 0.4) is 0 Å². The number of ether oxygens (including phenoxy) is 1. The SMILES string of the molecule is COc1nc2ccccc2cc1-c1cnc(CCCCCCC(N)=O)[nH]1. The van der Waals surface area contributed by atoms with Gasteiger partial charge in [-0.05, 0) is 25.0 Å². The summed E-state index contributed by atoms with van der Waals surface area (Å²) in [5.74, 6) is 1.31. The van der Waals surface area contributed by atoms with Gasteiger partial charge in [-0.1, -0.05) is 31.0 Å². The molecule has 136 valence electrons. The molecule has 3 N–H and O–H groups in total. The number of fused-ring (bicyclic) bond motifs is 1. The lowest BCUT2D eigenvalue weighted by Gasteiger charge is -2.07. The predicted octanol–water partition coefficient (Wildman–Crippen LogP) is 3.61. The van der Waals surface area contributed by atoms with Gasteiger partial charge in [-0.3, -0.25) is 4.79 Å². The number of nitrogens with zero attached hydrogens (tertiary/aromatic N) is 2. The number of unbranched alkanes of at least 4 members (excludes halogenated alkanes) is 3. The molecule has 3 aromatic rings. The smallest absolute Gasteiger partial charge is 0.223 e. The van der Waals surface area contributed by atoms with E-state index in [9.17, 15) is 4.79 Å². The zero-order valence-electron chi connectivity index (χ0n) is 15.0. The van der Waals surface area contributed by atoms with Crippen LogP contribution in [0.4, 0.5) is 0 Å². The lowest BCUT2D eigenvalue weighted by Crippen LogP contribution is -2.09. The van der Waals surface area contributed by atoms with Crippen LogP contribution in [-0.4, -0.2) is 28.0 Å². The summed E-state index contributed by atoms with van der Waals surface area (Å²) in [4.78, 5) is 23.2. The van der Waals surface area contributed by atoms with Crippen molar-refractivity contribution in [3.8, 4) is 17.1 Å². The zero-order chi connectivity index (χ0) is 18.4. The summed E-state index contributed by atoms with van der Waals surface area (Å²) in [6, 6.07) is 10.0. The minimum Gasteiger partial charge on any atom is -0.480 e. The van der Waals surface area contributed by atoms with Crippen LogP contribution >= 0.6 is 0 Å². The van der Waals surface area contributed by atoms with E-state index in [0.29, 0.717) is 12.3 Å². The number of imidazole rings is 1. The maximum absolute atomic E-state index is 10.7. The van der Waals surface area contributed by atoms with Gasteiger partial charge in [-0.15, -0.1) is 0 Å². The number of benzene rings is 1. The van der Waals surface area contributed by atoms with Gasteiger partial charge in [-0.2, -0.15) is 0 Å². The number of para-hydroxylation sites is 1. The molecule has 0 aliphatic carbocycles. The number of pyridine rings is 1. The van der Waals surface area contributed by atoms with E-state index in [1.165, 1.54) is 0 Å². The van der Waals surface area contributed by atoms with Gasteiger partial charge in [0, 0.05) is 18.2 Å². The van der Waals surface area contributed by atoms with Crippen molar-refractivity contribution < 1.29 is 9.53 Å². The molecule has 0 radical (unpaired) electrons. The molecule has 0 fully saturated rings. The monoisotopic (exact) mass is 352 g/mol. The van der Waals surface area contributed by atoms with E-state index >= 15 is 0 Å². The lowest BCUT2D eigenvalue weighted by atomic mass is 10.1. The average Bonchev–Trinajstić information content (AvgIpc) is 3.12. The topological polar surface area (TPSA) is 93.9 Å². The number of amides is 1. The van der Waals surface area contributed by atoms with Crippen molar-refractivity contribution >= 4 is 16.8 Å². The first-order valence-electron chi connectivity index (χ1n) is 8.93. The Hall–Kier alpha value is -2.89. The van der Waals surface area contributed by atoms with Crippen molar-refractivity contribution in [2.24, 2.45) is 5.73 Å². The van der Waals surface area contributed by atoms with E-state index in [0.717, 1.165) is 60.1 Å². The average molecular weight is 352 g/mol. The summed E-state index contributed by atoms with van der Waals surface area (Å²) in [5, 5.41) is 1.06. The van der Waals surface area contributed by atoms with Gasteiger partial charge in [0.2, 0.25) is 11.8 Å². The Balaban J connectivity index is 1.66. The third-order valence-corrected chi connectivity index (χ3v) is 4.39. The molecule has 3 rings (SSSR count). The molecule has 26 heavy (non-hydrogen) atoms. The highest BCUT2D eigenvalue weighted by molar-refractivity contribution is 5.85. The van der Waals surface area contributed by atoms with Gasteiger partial charge in [0.25, 0.3) is 0 Å². The van der Waals surface area contributed by atoms with Crippen LogP contribution in [0.5, 0.6) is 5.88 Å². The Kier molecular flexibility index (Phi) is 5.84. The van der Waals surface area contributed by atoms with Crippen molar-refractivity contribution in [3.63, 3.8) is 0 Å². The van der Waals surface area contributed by atoms with E-state index < -0.39 is 0 Å². The first-order chi connectivity index (χ1) is 12.7. The van der Waals surface area contributed by atoms with Crippen molar-refractivity contribution in [3.05, 3.63) is 42.4 Å². The molecule has 1 amide bonds. The van der Waals surface area contributed by atoms with Crippen LogP contribution in [0.25, 0.3) is 22.2 Å². The third-order valence-electron chi connectivity index (χ3n) is 4.39. The van der Waals surface area contributed by atoms with Gasteiger partial charge in [0.05, 0.1) is 30.1 Å². The predicted molar refractivity (Wildman–Crippen MR) is 102 cm³/mol. The molecule has 2 aromatic heterocycles. The molecule has 0 saturated heterocycles. The number of methoxy groups -OCH3 is 1. The van der Waals surface area contributed by atoms with Crippen molar-refractivity contribution in [2.45, 2.75) is 38.5 Å². The molecule has 0 spiro atoms. The number of nitrogens with one attached hydrogen (secondary N) is 1. The largest absolute Gasteiger partial charge is 0.480 e. The number of H-pyrrole nitrogens is 1. The highest BCUT2D eigenvalue weighted by Crippen LogP contribution is 2.30. The molecule has 0 aliphatic heterocycles. The minimum absolute atomic E-state index is 0.224. The second kappa shape index (κ2) is 8.47. The fraction of sp³-hybridized carbons (Fsp3) is 0.350. The maximum Gasteiger partial charge on any atom is 0.223 e. The number of carbonyl (C=O) groups is 1. The first kappa shape index (κ1) is 17.9. The van der Waals surface area contributed by atoms with Crippen molar-refractivity contribution in [1.82, 2.24) is 15.0 Å². The summed E-state index contributed by atoms with van der Waals surface area (Å²) in [7, 11) is 1.63. The number of primary amides is 1. The summed E-state index contributed by atoms with van der Waals surface area (Å²) < 4.78 is 5.47. The Morgan fingerprint density at radius 1 is 1.19 bits per heavy atom. The fourth-order valence-corrected chi connectivity index (χ4v) is 3.02. The number of hydrogen-bond donors (Lipinski definition) is 2. The van der Waals surface area contributed by atoms with Gasteiger partial charge >= 0.3 is 0 Å². The number of nitrogens with two attached hydrogens (primary N) is 1. The van der Waals surface area contributed by atoms with E-state index in [2.05, 4.69) is 21.0 Å². The van der Waals surface area contributed by atoms with Crippen LogP contribution in [0, 0.1) is 0 Å². The second-order valence-electron chi connectivity index (χ2n) is 6.36. The van der Waals surface area contributed by atoms with Crippen molar-refractivity contribution in [1.29, 1.82) is 0 Å². The Bertz CT molecular complexity index is 888. The van der Waals surface area contributed by atoms with Gasteiger partial charge < -0.3 is 15.5 Å². The highest BCUT2D eigenvalue weighted by Gasteiger charge is 2.12. The Morgan fingerprint density at radius 3 is 2.81 bits per heavy atom. The molecule has 6 nitrogen and oxygen atoms in total. The first-order valence-corrected chi connectivity index (χ1v) is 8.93. The van der Waals surface area contributed by atoms with Crippen LogP contribution in [-0.2, 0) is 11.2 Å². The quantitative estimate of drug-likeness (QED) is 0.575. The van der Waals surface area contributed by atoms with Gasteiger partial charge in [0.15, 0.2) is 0 Å². The molecule has 0 aliphatic rings. The normalized spacial score (nSPS) is 11.0. The van der Waals surface area contributed by atoms with Crippen LogP contribution in [0.2, 0.25) is 0 Å². The lowest BCUT2D eigenvalue weighted by molar-refractivity contribution is -0.118. The van der Waals surface area contributed by atoms with Crippen molar-refractivity contribution in [2.75, 3.05) is 7.11 Å². The number of aryl methyl sites for hydroxylation is 1. The van der Waals surface area contributed by atoms with Crippen LogP contribution in [0.15, 0.2) is 36.5 Å². The van der Waals surface area contributed by atoms with E-state index in [-0.39, 0.29) is 5.91 Å². The molecular weight excluding hydrogens is 328 g/mol. The molecule has 0 bridgehead atoms. The zero-order valence-corrected chi connectivity index (χ0v) is 15.0. The summed E-state index contributed by atoms with van der Waals surface area (Å²) in [5.41, 5.74) is 7.87. The summed E-state index contributed by atoms with van der Waals surface area (Å²) in [6.45, 7) is 0. The number of carbonyl (C=O) groups excluding carboxylic acids is 1. The highest BCUT2D eigenvalue weighted by atomic mass is 16.5. The number of aromatic amines is 1. The van der Waals surface area contributed by atoms with Crippen LogP contribution in [0.1, 0.15) is 37.9 Å².